The van der Waals surface area contributed by atoms with Gasteiger partial charge < -0.3 is 96.9 Å². The van der Waals surface area contributed by atoms with Crippen molar-refractivity contribution >= 4 is 28.5 Å². The summed E-state index contributed by atoms with van der Waals surface area (Å²) in [5.74, 6) is -2.54. The number of aromatic nitrogens is 4. The molecule has 26 nitrogen and oxygen atoms in total. The maximum Gasteiger partial charge on any atom is 0.341 e. The number of rotatable bonds is 17. The number of hydrogen-bond acceptors (Lipinski definition) is 22. The molecule has 2 aromatic heterocycles. The summed E-state index contributed by atoms with van der Waals surface area (Å²) in [5.41, 5.74) is 18.2. The Morgan fingerprint density at radius 1 is 0.886 bits per heavy atom. The van der Waals surface area contributed by atoms with Crippen molar-refractivity contribution in [3.05, 3.63) is 51.8 Å². The molecule has 388 valence electrons. The highest BCUT2D eigenvalue weighted by molar-refractivity contribution is 5.93. The maximum atomic E-state index is 15.5. The van der Waals surface area contributed by atoms with E-state index in [-0.39, 0.29) is 50.3 Å². The van der Waals surface area contributed by atoms with E-state index < -0.39 is 133 Å². The number of carboxylic acids is 1. The van der Waals surface area contributed by atoms with E-state index >= 15 is 4.39 Å². The van der Waals surface area contributed by atoms with Crippen LogP contribution in [0.2, 0.25) is 0 Å². The first-order chi connectivity index (χ1) is 33.4. The number of amides is 1. The van der Waals surface area contributed by atoms with Gasteiger partial charge in [-0.2, -0.15) is 0 Å². The van der Waals surface area contributed by atoms with E-state index in [0.29, 0.717) is 43.1 Å². The second-order valence-corrected chi connectivity index (χ2v) is 18.8. The predicted molar refractivity (Wildman–Crippen MR) is 238 cm³/mol. The van der Waals surface area contributed by atoms with Gasteiger partial charge in [0.2, 0.25) is 11.3 Å². The summed E-state index contributed by atoms with van der Waals surface area (Å²) in [5, 5.41) is 106. The summed E-state index contributed by atoms with van der Waals surface area (Å²) >= 11 is 0. The molecule has 16 atom stereocenters. The SMILES string of the molecule is NC[C@H]1O[C@H](O[C@H]2[C@H](O)[C@@H](O[C@H]3O[C@H](CO)[C@@H](O)[C@H](N)[C@H]3O)[C@H](NC(=O)CCc3cn(CC(O)CN4CCN(c5cc6c(cc5F)c(=O)c(C(=O)O)cn6C5CC5)CC4)nn3)C[C@@H]2N)[C@H](O)[C@@H](O)[C@@H]1O. The van der Waals surface area contributed by atoms with Gasteiger partial charge >= 0.3 is 5.97 Å². The molecule has 3 saturated heterocycles. The lowest BCUT2D eigenvalue weighted by Gasteiger charge is -2.48. The van der Waals surface area contributed by atoms with Crippen LogP contribution in [0.5, 0.6) is 0 Å². The number of aromatic carboxylic acids is 1. The molecule has 1 unspecified atom stereocenters. The van der Waals surface area contributed by atoms with E-state index in [1.807, 2.05) is 9.80 Å². The van der Waals surface area contributed by atoms with Crippen LogP contribution in [0.25, 0.3) is 10.9 Å². The fourth-order valence-corrected chi connectivity index (χ4v) is 9.71. The molecule has 1 amide bonds. The number of benzene rings is 1. The first-order valence-corrected chi connectivity index (χ1v) is 23.3. The van der Waals surface area contributed by atoms with E-state index in [1.54, 1.807) is 16.8 Å². The van der Waals surface area contributed by atoms with Crippen LogP contribution in [0, 0.1) is 5.82 Å². The van der Waals surface area contributed by atoms with E-state index in [1.165, 1.54) is 10.9 Å². The number of aliphatic hydroxyl groups excluding tert-OH is 8. The van der Waals surface area contributed by atoms with Crippen molar-refractivity contribution in [2.75, 3.05) is 50.8 Å². The summed E-state index contributed by atoms with van der Waals surface area (Å²) in [6, 6.07) is -0.736. The molecule has 0 bridgehead atoms. The first kappa shape index (κ1) is 51.9. The lowest BCUT2D eigenvalue weighted by atomic mass is 9.83. The molecule has 0 radical (unpaired) electrons. The molecule has 8 rings (SSSR count). The van der Waals surface area contributed by atoms with Gasteiger partial charge in [0.1, 0.15) is 72.4 Å². The zero-order chi connectivity index (χ0) is 50.3. The Balaban J connectivity index is 0.852. The minimum atomic E-state index is -1.79. The molecule has 3 aromatic rings. The van der Waals surface area contributed by atoms with E-state index in [4.69, 9.17) is 36.1 Å². The molecule has 16 N–H and O–H groups in total. The fraction of sp³-hybridized carbons (Fsp3) is 0.698. The Hall–Kier alpha value is -4.40. The summed E-state index contributed by atoms with van der Waals surface area (Å²) in [4.78, 5) is 42.0. The van der Waals surface area contributed by atoms with Gasteiger partial charge in [0.15, 0.2) is 12.6 Å². The fourth-order valence-electron chi connectivity index (χ4n) is 9.71. The number of piperazine rings is 1. The van der Waals surface area contributed by atoms with Crippen molar-refractivity contribution in [2.24, 2.45) is 17.2 Å². The minimum absolute atomic E-state index is 0.0171. The number of nitrogens with two attached hydrogens (primary N) is 3. The zero-order valence-electron chi connectivity index (χ0n) is 38.0. The van der Waals surface area contributed by atoms with Gasteiger partial charge in [-0.1, -0.05) is 5.21 Å². The first-order valence-electron chi connectivity index (χ1n) is 23.3. The van der Waals surface area contributed by atoms with Crippen LogP contribution in [0.3, 0.4) is 0 Å². The molecular formula is C43H63FN10O16. The number of aryl methyl sites for hydroxylation is 1. The van der Waals surface area contributed by atoms with Gasteiger partial charge in [0, 0.05) is 82.0 Å². The number of nitrogens with zero attached hydrogens (tertiary/aromatic N) is 6. The highest BCUT2D eigenvalue weighted by atomic mass is 19.1. The number of nitrogens with one attached hydrogen (secondary N) is 1. The molecule has 2 aliphatic carbocycles. The number of halogens is 1. The predicted octanol–water partition coefficient (Wildman–Crippen LogP) is -6.24. The van der Waals surface area contributed by atoms with Crippen LogP contribution in [0.15, 0.2) is 29.3 Å². The third kappa shape index (κ3) is 11.0. The lowest BCUT2D eigenvalue weighted by molar-refractivity contribution is -0.332. The molecule has 3 aliphatic heterocycles. The molecule has 5 heterocycles. The Labute approximate surface area is 398 Å². The van der Waals surface area contributed by atoms with Gasteiger partial charge in [0.05, 0.1) is 48.2 Å². The van der Waals surface area contributed by atoms with Gasteiger partial charge in [-0.05, 0) is 31.4 Å². The number of fused-ring (bicyclic) bond motifs is 1. The molecule has 0 spiro atoms. The standard InChI is InChI=1S/C43H63FN10O16/c44-23-9-21-26(54(19-2-3-19)16-22(32(21)58)41(65)66)11-27(23)52-7-5-51(6-8-52)14-20(56)15-53-13-18(49-50-53)1-4-30(57)48-25-10-24(46)39(69-43-37(63)36(62)34(60)28(12-45)67-43)38(64)40(25)70-42-35(61)31(47)33(59)29(17-55)68-42/h9,11,13,16,19-20,24-25,28-29,31,33-40,42-43,55-56,59-64H,1-8,10,12,14-15,17,45-47H2,(H,48,57)(H,65,66)/t20?,24-,25+,28+,29+,31-,33+,34+,35+,36-,37+,38-,39+,40-,42+,43+/m0/s1. The van der Waals surface area contributed by atoms with Gasteiger partial charge in [-0.25, -0.2) is 13.9 Å². The Kier molecular flexibility index (Phi) is 16.1. The third-order valence-electron chi connectivity index (χ3n) is 13.8. The van der Waals surface area contributed by atoms with Crippen molar-refractivity contribution in [2.45, 2.75) is 143 Å². The second kappa shape index (κ2) is 21.8. The number of pyridine rings is 1. The van der Waals surface area contributed by atoms with E-state index in [0.717, 1.165) is 18.9 Å². The van der Waals surface area contributed by atoms with Crippen molar-refractivity contribution < 1.29 is 78.9 Å². The molecule has 70 heavy (non-hydrogen) atoms. The highest BCUT2D eigenvalue weighted by Crippen LogP contribution is 2.38. The number of ether oxygens (including phenoxy) is 4. The Morgan fingerprint density at radius 3 is 2.24 bits per heavy atom. The van der Waals surface area contributed by atoms with Crippen molar-refractivity contribution in [1.29, 1.82) is 0 Å². The number of carbonyl (C=O) groups is 2. The molecular weight excluding hydrogens is 932 g/mol. The summed E-state index contributed by atoms with van der Waals surface area (Å²) in [7, 11) is 0. The highest BCUT2D eigenvalue weighted by Gasteiger charge is 2.52. The summed E-state index contributed by atoms with van der Waals surface area (Å²) < 4.78 is 41.8. The Bertz CT molecular complexity index is 2370. The van der Waals surface area contributed by atoms with Gasteiger partial charge in [-0.3, -0.25) is 14.5 Å². The Morgan fingerprint density at radius 2 is 1.57 bits per heavy atom. The second-order valence-electron chi connectivity index (χ2n) is 18.8. The maximum absolute atomic E-state index is 15.5. The quantitative estimate of drug-likeness (QED) is 0.0598. The van der Waals surface area contributed by atoms with Gasteiger partial charge in [-0.15, -0.1) is 5.10 Å². The number of carboxylic acid groups (broad SMARTS) is 1. The van der Waals surface area contributed by atoms with Crippen LogP contribution in [-0.4, -0.2) is 226 Å². The molecule has 2 saturated carbocycles. The van der Waals surface area contributed by atoms with Crippen molar-refractivity contribution in [3.63, 3.8) is 0 Å². The van der Waals surface area contributed by atoms with Crippen LogP contribution in [0.1, 0.15) is 47.8 Å². The third-order valence-corrected chi connectivity index (χ3v) is 13.8. The smallest absolute Gasteiger partial charge is 0.341 e. The average molecular weight is 995 g/mol. The topological polar surface area (TPSA) is 402 Å². The number of β-amino-alcohol motifs (C(OH)–C–C–N with tert-alkyl or cyclic N) is 1. The molecule has 27 heteroatoms. The number of anilines is 1. The van der Waals surface area contributed by atoms with Crippen LogP contribution in [0.4, 0.5) is 10.1 Å². The minimum Gasteiger partial charge on any atom is -0.477 e. The van der Waals surface area contributed by atoms with E-state index in [9.17, 15) is 60.3 Å². The average Bonchev–Trinajstić information content (AvgIpc) is 4.08. The normalized spacial score (nSPS) is 34.7. The number of aliphatic hydroxyl groups is 8. The van der Waals surface area contributed by atoms with Crippen molar-refractivity contribution in [1.82, 2.24) is 29.8 Å². The molecule has 1 aromatic carbocycles. The van der Waals surface area contributed by atoms with Gasteiger partial charge in [0.25, 0.3) is 0 Å². The van der Waals surface area contributed by atoms with Crippen LogP contribution in [-0.2, 0) is 36.7 Å². The van der Waals surface area contributed by atoms with E-state index in [2.05, 4.69) is 15.6 Å². The molecule has 5 aliphatic rings. The summed E-state index contributed by atoms with van der Waals surface area (Å²) in [6.07, 6.45) is -15.0. The lowest BCUT2D eigenvalue weighted by Crippen LogP contribution is -2.69. The van der Waals surface area contributed by atoms with Crippen molar-refractivity contribution in [3.8, 4) is 0 Å². The van der Waals surface area contributed by atoms with Crippen LogP contribution < -0.4 is 32.8 Å². The number of carbonyl (C=O) groups excluding carboxylic acids is 1. The largest absolute Gasteiger partial charge is 0.477 e. The summed E-state index contributed by atoms with van der Waals surface area (Å²) in [6.45, 7) is 1.18. The molecule has 5 fully saturated rings. The van der Waals surface area contributed by atoms with Crippen LogP contribution >= 0.6 is 0 Å². The zero-order valence-corrected chi connectivity index (χ0v) is 38.0. The monoisotopic (exact) mass is 994 g/mol. The number of hydrogen-bond donors (Lipinski definition) is 13.